The number of rotatable bonds is 5. The Morgan fingerprint density at radius 1 is 1.33 bits per heavy atom. The van der Waals surface area contributed by atoms with Gasteiger partial charge in [-0.15, -0.1) is 0 Å². The molecule has 0 saturated carbocycles. The van der Waals surface area contributed by atoms with Crippen LogP contribution >= 0.6 is 23.2 Å². The summed E-state index contributed by atoms with van der Waals surface area (Å²) in [5.41, 5.74) is 0. The lowest BCUT2D eigenvalue weighted by atomic mass is 10.4. The van der Waals surface area contributed by atoms with E-state index in [1.807, 2.05) is 13.8 Å². The van der Waals surface area contributed by atoms with Gasteiger partial charge >= 0.3 is 0 Å². The number of carbonyl (C=O) groups is 1. The van der Waals surface area contributed by atoms with Crippen molar-refractivity contribution in [3.63, 3.8) is 0 Å². The molecule has 0 aromatic carbocycles. The molecular weight excluding hydrogens is 275 g/mol. The summed E-state index contributed by atoms with van der Waals surface area (Å²) in [5, 5.41) is 9.27. The Balaban J connectivity index is 2.70. The number of pyridine rings is 1. The molecule has 1 amide bonds. The van der Waals surface area contributed by atoms with Gasteiger partial charge in [0.15, 0.2) is 0 Å². The molecule has 0 spiro atoms. The fourth-order valence-electron chi connectivity index (χ4n) is 1.30. The maximum Gasteiger partial charge on any atom is 0.239 e. The van der Waals surface area contributed by atoms with Crippen molar-refractivity contribution in [1.29, 1.82) is 0 Å². The lowest BCUT2D eigenvalue weighted by Crippen LogP contribution is -2.35. The van der Waals surface area contributed by atoms with Gasteiger partial charge in [0.2, 0.25) is 5.91 Å². The summed E-state index contributed by atoms with van der Waals surface area (Å²) in [5.74, 6) is 0.806. The van der Waals surface area contributed by atoms with Crippen LogP contribution in [0.2, 0.25) is 10.0 Å². The number of carbonyl (C=O) groups excluding carboxylic acids is 1. The highest BCUT2D eigenvalue weighted by atomic mass is 35.5. The second-order valence-electron chi connectivity index (χ2n) is 3.97. The first kappa shape index (κ1) is 14.9. The monoisotopic (exact) mass is 290 g/mol. The van der Waals surface area contributed by atoms with E-state index in [0.29, 0.717) is 21.7 Å². The third-order valence-corrected chi connectivity index (χ3v) is 2.61. The van der Waals surface area contributed by atoms with E-state index in [9.17, 15) is 4.79 Å². The first-order valence-electron chi connectivity index (χ1n) is 5.51. The Hall–Kier alpha value is -1.20. The quantitative estimate of drug-likeness (QED) is 0.779. The van der Waals surface area contributed by atoms with E-state index in [1.165, 1.54) is 0 Å². The SMILES string of the molecule is CNc1nc(NCC(=O)NC(C)C)c(Cl)cc1Cl. The number of hydrogen-bond acceptors (Lipinski definition) is 4. The minimum absolute atomic E-state index is 0.0980. The van der Waals surface area contributed by atoms with Crippen molar-refractivity contribution in [2.24, 2.45) is 0 Å². The van der Waals surface area contributed by atoms with E-state index in [2.05, 4.69) is 20.9 Å². The van der Waals surface area contributed by atoms with Crippen LogP contribution in [-0.2, 0) is 4.79 Å². The second-order valence-corrected chi connectivity index (χ2v) is 4.79. The molecule has 1 heterocycles. The average molecular weight is 291 g/mol. The Labute approximate surface area is 116 Å². The minimum atomic E-state index is -0.121. The average Bonchev–Trinajstić information content (AvgIpc) is 2.27. The Bertz CT molecular complexity index is 437. The molecule has 18 heavy (non-hydrogen) atoms. The number of nitrogens with zero attached hydrogens (tertiary/aromatic N) is 1. The van der Waals surface area contributed by atoms with E-state index in [-0.39, 0.29) is 18.5 Å². The normalized spacial score (nSPS) is 10.3. The highest BCUT2D eigenvalue weighted by Crippen LogP contribution is 2.28. The molecule has 0 saturated heterocycles. The van der Waals surface area contributed by atoms with E-state index >= 15 is 0 Å². The Morgan fingerprint density at radius 2 is 1.94 bits per heavy atom. The molecule has 1 aromatic heterocycles. The zero-order valence-electron chi connectivity index (χ0n) is 10.5. The lowest BCUT2D eigenvalue weighted by Gasteiger charge is -2.12. The van der Waals surface area contributed by atoms with Crippen molar-refractivity contribution < 1.29 is 4.79 Å². The third-order valence-electron chi connectivity index (χ3n) is 2.03. The standard InChI is InChI=1S/C11H16Cl2N4O/c1-6(2)16-9(18)5-15-11-8(13)4-7(12)10(14-3)17-11/h4,6H,5H2,1-3H3,(H,16,18)(H2,14,15,17). The number of anilines is 2. The van der Waals surface area contributed by atoms with E-state index in [0.717, 1.165) is 0 Å². The molecule has 0 aliphatic carbocycles. The minimum Gasteiger partial charge on any atom is -0.372 e. The number of halogens is 2. The number of nitrogens with one attached hydrogen (secondary N) is 3. The summed E-state index contributed by atoms with van der Waals surface area (Å²) in [4.78, 5) is 15.6. The van der Waals surface area contributed by atoms with Crippen LogP contribution in [0.15, 0.2) is 6.07 Å². The smallest absolute Gasteiger partial charge is 0.239 e. The van der Waals surface area contributed by atoms with Gasteiger partial charge in [0, 0.05) is 13.1 Å². The van der Waals surface area contributed by atoms with E-state index < -0.39 is 0 Å². The molecule has 0 radical (unpaired) electrons. The van der Waals surface area contributed by atoms with Crippen molar-refractivity contribution in [2.45, 2.75) is 19.9 Å². The van der Waals surface area contributed by atoms with Crippen LogP contribution in [0.1, 0.15) is 13.8 Å². The number of hydrogen-bond donors (Lipinski definition) is 3. The van der Waals surface area contributed by atoms with Crippen LogP contribution in [0.3, 0.4) is 0 Å². The van der Waals surface area contributed by atoms with Gasteiger partial charge in [0.05, 0.1) is 16.6 Å². The third kappa shape index (κ3) is 4.23. The highest BCUT2D eigenvalue weighted by Gasteiger charge is 2.10. The maximum atomic E-state index is 11.5. The largest absolute Gasteiger partial charge is 0.372 e. The highest BCUT2D eigenvalue weighted by molar-refractivity contribution is 6.37. The van der Waals surface area contributed by atoms with Gasteiger partial charge in [-0.3, -0.25) is 4.79 Å². The zero-order valence-corrected chi connectivity index (χ0v) is 12.0. The Morgan fingerprint density at radius 3 is 2.50 bits per heavy atom. The second kappa shape index (κ2) is 6.66. The van der Waals surface area contributed by atoms with Crippen LogP contribution in [0.4, 0.5) is 11.6 Å². The lowest BCUT2D eigenvalue weighted by molar-refractivity contribution is -0.119. The molecule has 100 valence electrons. The van der Waals surface area contributed by atoms with Gasteiger partial charge in [0.1, 0.15) is 11.6 Å². The predicted octanol–water partition coefficient (Wildman–Crippen LogP) is 2.37. The molecular formula is C11H16Cl2N4O. The molecule has 7 heteroatoms. The summed E-state index contributed by atoms with van der Waals surface area (Å²) >= 11 is 11.9. The van der Waals surface area contributed by atoms with Gasteiger partial charge in [-0.05, 0) is 19.9 Å². The molecule has 5 nitrogen and oxygen atoms in total. The molecule has 0 fully saturated rings. The van der Waals surface area contributed by atoms with Gasteiger partial charge in [0.25, 0.3) is 0 Å². The van der Waals surface area contributed by atoms with Crippen LogP contribution in [0, 0.1) is 0 Å². The summed E-state index contributed by atoms with van der Waals surface area (Å²) in [6, 6.07) is 1.67. The summed E-state index contributed by atoms with van der Waals surface area (Å²) in [6.45, 7) is 3.89. The van der Waals surface area contributed by atoms with Gasteiger partial charge in [-0.1, -0.05) is 23.2 Å². The van der Waals surface area contributed by atoms with Gasteiger partial charge in [-0.25, -0.2) is 4.98 Å². The number of amides is 1. The molecule has 0 unspecified atom stereocenters. The molecule has 0 aliphatic rings. The maximum absolute atomic E-state index is 11.5. The zero-order chi connectivity index (χ0) is 13.7. The van der Waals surface area contributed by atoms with Crippen LogP contribution < -0.4 is 16.0 Å². The van der Waals surface area contributed by atoms with Gasteiger partial charge in [-0.2, -0.15) is 0 Å². The first-order chi connectivity index (χ1) is 8.43. The van der Waals surface area contributed by atoms with Crippen LogP contribution in [0.25, 0.3) is 0 Å². The van der Waals surface area contributed by atoms with Crippen molar-refractivity contribution >= 4 is 40.7 Å². The van der Waals surface area contributed by atoms with Crippen molar-refractivity contribution in [1.82, 2.24) is 10.3 Å². The summed E-state index contributed by atoms with van der Waals surface area (Å²) in [7, 11) is 1.71. The molecule has 0 aliphatic heterocycles. The van der Waals surface area contributed by atoms with E-state index in [1.54, 1.807) is 13.1 Å². The molecule has 0 bridgehead atoms. The molecule has 1 rings (SSSR count). The van der Waals surface area contributed by atoms with Gasteiger partial charge < -0.3 is 16.0 Å². The van der Waals surface area contributed by atoms with Crippen LogP contribution in [-0.4, -0.2) is 30.5 Å². The topological polar surface area (TPSA) is 66.0 Å². The fourth-order valence-corrected chi connectivity index (χ4v) is 1.82. The fraction of sp³-hybridized carbons (Fsp3) is 0.455. The molecule has 0 atom stereocenters. The molecule has 1 aromatic rings. The van der Waals surface area contributed by atoms with Crippen molar-refractivity contribution in [3.05, 3.63) is 16.1 Å². The van der Waals surface area contributed by atoms with Crippen molar-refractivity contribution in [2.75, 3.05) is 24.2 Å². The molecule has 3 N–H and O–H groups in total. The summed E-state index contributed by atoms with van der Waals surface area (Å²) in [6.07, 6.45) is 0. The van der Waals surface area contributed by atoms with Crippen molar-refractivity contribution in [3.8, 4) is 0 Å². The Kier molecular flexibility index (Phi) is 5.50. The van der Waals surface area contributed by atoms with E-state index in [4.69, 9.17) is 23.2 Å². The van der Waals surface area contributed by atoms with Crippen LogP contribution in [0.5, 0.6) is 0 Å². The summed E-state index contributed by atoms with van der Waals surface area (Å²) < 4.78 is 0. The predicted molar refractivity (Wildman–Crippen MR) is 75.6 cm³/mol. The first-order valence-corrected chi connectivity index (χ1v) is 6.26. The number of aromatic nitrogens is 1.